The van der Waals surface area contributed by atoms with Gasteiger partial charge in [-0.25, -0.2) is 0 Å². The molecule has 0 rings (SSSR count). The third-order valence-corrected chi connectivity index (χ3v) is 1.31. The Morgan fingerprint density at radius 2 is 1.40 bits per heavy atom. The second-order valence-corrected chi connectivity index (χ2v) is 2.20. The fourth-order valence-electron chi connectivity index (χ4n) is 0.748. The van der Waals surface area contributed by atoms with Gasteiger partial charge in [0.05, 0.1) is 0 Å². The molecule has 3 heteroatoms. The normalized spacial score (nSPS) is 7.80. The van der Waals surface area contributed by atoms with Crippen molar-refractivity contribution in [1.82, 2.24) is 0 Å². The minimum Gasteiger partial charge on any atom is -0.330 e. The lowest BCUT2D eigenvalue weighted by molar-refractivity contribution is 0.638. The van der Waals surface area contributed by atoms with Gasteiger partial charge in [-0.2, -0.15) is 0 Å². The van der Waals surface area contributed by atoms with E-state index in [9.17, 15) is 0 Å². The first-order valence-electron chi connectivity index (χ1n) is 3.62. The molecule has 0 aliphatic rings. The average Bonchev–Trinajstić information content (AvgIpc) is 1.81. The fourth-order valence-corrected chi connectivity index (χ4v) is 0.748. The third-order valence-electron chi connectivity index (χ3n) is 1.31. The Labute approximate surface area is 76.6 Å². The van der Waals surface area contributed by atoms with Crippen molar-refractivity contribution >= 4 is 24.8 Å². The summed E-state index contributed by atoms with van der Waals surface area (Å²) in [5.41, 5.74) is 5.31. The van der Waals surface area contributed by atoms with E-state index in [-0.39, 0.29) is 24.8 Å². The molecule has 0 heterocycles. The van der Waals surface area contributed by atoms with Gasteiger partial charge in [0.1, 0.15) is 0 Å². The first-order valence-corrected chi connectivity index (χ1v) is 3.62. The predicted octanol–water partition coefficient (Wildman–Crippen LogP) is 2.76. The molecule has 0 aliphatic carbocycles. The average molecular weight is 188 g/mol. The molecule has 0 radical (unpaired) electrons. The van der Waals surface area contributed by atoms with E-state index < -0.39 is 0 Å². The Hall–Kier alpha value is 0.540. The SMILES string of the molecule is CCCCCCCN.Cl.Cl. The lowest BCUT2D eigenvalue weighted by Crippen LogP contribution is -1.97. The monoisotopic (exact) mass is 187 g/mol. The van der Waals surface area contributed by atoms with Crippen molar-refractivity contribution in [2.75, 3.05) is 6.54 Å². The summed E-state index contributed by atoms with van der Waals surface area (Å²) in [7, 11) is 0. The van der Waals surface area contributed by atoms with Gasteiger partial charge in [0.25, 0.3) is 0 Å². The Bertz CT molecular complexity index is 36.6. The highest BCUT2D eigenvalue weighted by Crippen LogP contribution is 2.00. The minimum atomic E-state index is 0. The van der Waals surface area contributed by atoms with Crippen molar-refractivity contribution in [3.63, 3.8) is 0 Å². The van der Waals surface area contributed by atoms with E-state index in [0.717, 1.165) is 6.54 Å². The van der Waals surface area contributed by atoms with E-state index in [1.54, 1.807) is 0 Å². The first kappa shape index (κ1) is 16.9. The van der Waals surface area contributed by atoms with E-state index in [1.165, 1.54) is 32.1 Å². The molecule has 0 spiro atoms. The van der Waals surface area contributed by atoms with Crippen LogP contribution < -0.4 is 5.73 Å². The summed E-state index contributed by atoms with van der Waals surface area (Å²) >= 11 is 0. The number of hydrogen-bond donors (Lipinski definition) is 1. The molecule has 66 valence electrons. The molecule has 0 bridgehead atoms. The quantitative estimate of drug-likeness (QED) is 0.659. The molecule has 0 aromatic heterocycles. The van der Waals surface area contributed by atoms with Crippen molar-refractivity contribution in [3.05, 3.63) is 0 Å². The van der Waals surface area contributed by atoms with Crippen LogP contribution in [-0.4, -0.2) is 6.54 Å². The van der Waals surface area contributed by atoms with Gasteiger partial charge in [-0.15, -0.1) is 24.8 Å². The van der Waals surface area contributed by atoms with Gasteiger partial charge in [0.15, 0.2) is 0 Å². The van der Waals surface area contributed by atoms with E-state index >= 15 is 0 Å². The van der Waals surface area contributed by atoms with Crippen LogP contribution in [0, 0.1) is 0 Å². The Kier molecular flexibility index (Phi) is 27.4. The zero-order chi connectivity index (χ0) is 6.24. The van der Waals surface area contributed by atoms with Crippen molar-refractivity contribution < 1.29 is 0 Å². The summed E-state index contributed by atoms with van der Waals surface area (Å²) in [6, 6.07) is 0. The Morgan fingerprint density at radius 3 is 1.80 bits per heavy atom. The molecule has 0 unspecified atom stereocenters. The molecule has 0 aromatic rings. The van der Waals surface area contributed by atoms with Gasteiger partial charge in [0, 0.05) is 0 Å². The molecule has 0 fully saturated rings. The molecular weight excluding hydrogens is 169 g/mol. The maximum Gasteiger partial charge on any atom is -0.00773 e. The fraction of sp³-hybridized carbons (Fsp3) is 1.00. The summed E-state index contributed by atoms with van der Waals surface area (Å²) in [6.07, 6.45) is 6.60. The van der Waals surface area contributed by atoms with Gasteiger partial charge < -0.3 is 5.73 Å². The molecule has 0 amide bonds. The summed E-state index contributed by atoms with van der Waals surface area (Å²) in [4.78, 5) is 0. The molecular formula is C7H19Cl2N. The largest absolute Gasteiger partial charge is 0.330 e. The standard InChI is InChI=1S/C7H17N.2ClH/c1-2-3-4-5-6-7-8;;/h2-8H2,1H3;2*1H. The van der Waals surface area contributed by atoms with Crippen molar-refractivity contribution in [2.24, 2.45) is 5.73 Å². The van der Waals surface area contributed by atoms with Crippen LogP contribution >= 0.6 is 24.8 Å². The number of hydrogen-bond acceptors (Lipinski definition) is 1. The zero-order valence-corrected chi connectivity index (χ0v) is 8.27. The van der Waals surface area contributed by atoms with Gasteiger partial charge >= 0.3 is 0 Å². The van der Waals surface area contributed by atoms with Crippen LogP contribution in [0.25, 0.3) is 0 Å². The molecule has 0 aliphatic heterocycles. The molecule has 0 aromatic carbocycles. The number of rotatable bonds is 5. The lowest BCUT2D eigenvalue weighted by Gasteiger charge is -1.93. The third kappa shape index (κ3) is 15.8. The molecule has 0 saturated carbocycles. The Balaban J connectivity index is -0.000000245. The second-order valence-electron chi connectivity index (χ2n) is 2.20. The highest BCUT2D eigenvalue weighted by molar-refractivity contribution is 5.85. The van der Waals surface area contributed by atoms with Gasteiger partial charge in [0.2, 0.25) is 0 Å². The highest BCUT2D eigenvalue weighted by Gasteiger charge is 1.83. The van der Waals surface area contributed by atoms with Crippen LogP contribution in [-0.2, 0) is 0 Å². The van der Waals surface area contributed by atoms with E-state index in [2.05, 4.69) is 6.92 Å². The number of unbranched alkanes of at least 4 members (excludes halogenated alkanes) is 4. The molecule has 0 saturated heterocycles. The van der Waals surface area contributed by atoms with Crippen LogP contribution in [0.4, 0.5) is 0 Å². The number of nitrogens with two attached hydrogens (primary N) is 1. The van der Waals surface area contributed by atoms with Crippen LogP contribution in [0.5, 0.6) is 0 Å². The van der Waals surface area contributed by atoms with Crippen LogP contribution in [0.2, 0.25) is 0 Å². The Morgan fingerprint density at radius 1 is 0.900 bits per heavy atom. The summed E-state index contributed by atoms with van der Waals surface area (Å²) in [6.45, 7) is 3.09. The van der Waals surface area contributed by atoms with E-state index in [4.69, 9.17) is 5.73 Å². The summed E-state index contributed by atoms with van der Waals surface area (Å²) in [5, 5.41) is 0. The maximum absolute atomic E-state index is 5.31. The lowest BCUT2D eigenvalue weighted by atomic mass is 10.2. The van der Waals surface area contributed by atoms with Gasteiger partial charge in [-0.3, -0.25) is 0 Å². The minimum absolute atomic E-state index is 0. The smallest absolute Gasteiger partial charge is 0.00773 e. The van der Waals surface area contributed by atoms with Crippen LogP contribution in [0.1, 0.15) is 39.0 Å². The van der Waals surface area contributed by atoms with Gasteiger partial charge in [-0.05, 0) is 13.0 Å². The van der Waals surface area contributed by atoms with Crippen molar-refractivity contribution in [2.45, 2.75) is 39.0 Å². The van der Waals surface area contributed by atoms with Crippen molar-refractivity contribution in [3.8, 4) is 0 Å². The highest BCUT2D eigenvalue weighted by atomic mass is 35.5. The van der Waals surface area contributed by atoms with Gasteiger partial charge in [-0.1, -0.05) is 32.6 Å². The molecule has 1 nitrogen and oxygen atoms in total. The molecule has 10 heavy (non-hydrogen) atoms. The molecule has 2 N–H and O–H groups in total. The van der Waals surface area contributed by atoms with Crippen LogP contribution in [0.15, 0.2) is 0 Å². The van der Waals surface area contributed by atoms with E-state index in [0.29, 0.717) is 0 Å². The predicted molar refractivity (Wildman–Crippen MR) is 52.3 cm³/mol. The first-order chi connectivity index (χ1) is 3.91. The second kappa shape index (κ2) is 16.3. The van der Waals surface area contributed by atoms with Crippen LogP contribution in [0.3, 0.4) is 0 Å². The maximum atomic E-state index is 5.31. The molecule has 0 atom stereocenters. The van der Waals surface area contributed by atoms with Crippen molar-refractivity contribution in [1.29, 1.82) is 0 Å². The number of halogens is 2. The zero-order valence-electron chi connectivity index (χ0n) is 6.64. The summed E-state index contributed by atoms with van der Waals surface area (Å²) < 4.78 is 0. The summed E-state index contributed by atoms with van der Waals surface area (Å²) in [5.74, 6) is 0. The van der Waals surface area contributed by atoms with E-state index in [1.807, 2.05) is 0 Å². The topological polar surface area (TPSA) is 26.0 Å².